The molecule has 2 aromatic rings. The minimum Gasteiger partial charge on any atom is -0.442 e. The highest BCUT2D eigenvalue weighted by molar-refractivity contribution is 5.90. The van der Waals surface area contributed by atoms with Crippen LogP contribution < -0.4 is 26.5 Å². The zero-order valence-electron chi connectivity index (χ0n) is 16.9. The quantitative estimate of drug-likeness (QED) is 0.581. The van der Waals surface area contributed by atoms with Crippen molar-refractivity contribution in [2.45, 2.75) is 25.6 Å². The number of rotatable bonds is 5. The second-order valence-corrected chi connectivity index (χ2v) is 7.39. The van der Waals surface area contributed by atoms with Crippen LogP contribution in [0.2, 0.25) is 0 Å². The third-order valence-corrected chi connectivity index (χ3v) is 5.34. The molecule has 1 fully saturated rings. The molecule has 15 heteroatoms. The normalized spacial score (nSPS) is 18.3. The highest BCUT2D eigenvalue weighted by atomic mass is 19.3. The molecule has 178 valence electrons. The number of aromatic amines is 1. The van der Waals surface area contributed by atoms with E-state index >= 15 is 0 Å². The topological polar surface area (TPSA) is 122 Å². The van der Waals surface area contributed by atoms with Gasteiger partial charge >= 0.3 is 23.9 Å². The summed E-state index contributed by atoms with van der Waals surface area (Å²) in [5.74, 6) is -3.50. The molecule has 1 aromatic heterocycles. The Hall–Kier alpha value is -3.78. The largest absolute Gasteiger partial charge is 0.442 e. The molecule has 3 heterocycles. The molecule has 0 spiro atoms. The first-order chi connectivity index (χ1) is 15.7. The number of nitrogens with zero attached hydrogens (tertiary/aromatic N) is 4. The van der Waals surface area contributed by atoms with E-state index in [1.54, 1.807) is 0 Å². The van der Waals surface area contributed by atoms with E-state index < -0.39 is 47.5 Å². The van der Waals surface area contributed by atoms with Gasteiger partial charge in [0.05, 0.1) is 31.9 Å². The van der Waals surface area contributed by atoms with E-state index in [9.17, 15) is 36.7 Å². The molecule has 0 radical (unpaired) electrons. The SMILES string of the molecule is O=C(NC[C@H]1CN(c2cc(F)c(N3CCn4c(=O)[nH]c(=O)n4CC3)c(F)c2)C(=O)O1)C(F)F. The summed E-state index contributed by atoms with van der Waals surface area (Å²) in [5.41, 5.74) is -1.78. The summed E-state index contributed by atoms with van der Waals surface area (Å²) in [7, 11) is 0. The van der Waals surface area contributed by atoms with Crippen LogP contribution in [0.15, 0.2) is 21.7 Å². The highest BCUT2D eigenvalue weighted by Crippen LogP contribution is 2.31. The fourth-order valence-electron chi connectivity index (χ4n) is 3.79. The van der Waals surface area contributed by atoms with E-state index in [-0.39, 0.29) is 50.6 Å². The summed E-state index contributed by atoms with van der Waals surface area (Å²) < 4.78 is 61.6. The molecule has 11 nitrogen and oxygen atoms in total. The van der Waals surface area contributed by atoms with Crippen molar-refractivity contribution in [3.8, 4) is 0 Å². The predicted molar refractivity (Wildman–Crippen MR) is 105 cm³/mol. The van der Waals surface area contributed by atoms with Crippen LogP contribution in [0, 0.1) is 11.6 Å². The summed E-state index contributed by atoms with van der Waals surface area (Å²) in [6, 6.07) is 1.84. The Kier molecular flexibility index (Phi) is 5.86. The summed E-state index contributed by atoms with van der Waals surface area (Å²) >= 11 is 0. The van der Waals surface area contributed by atoms with Gasteiger partial charge in [0.15, 0.2) is 11.6 Å². The zero-order valence-corrected chi connectivity index (χ0v) is 16.9. The summed E-state index contributed by atoms with van der Waals surface area (Å²) in [4.78, 5) is 51.0. The van der Waals surface area contributed by atoms with E-state index in [0.717, 1.165) is 26.4 Å². The lowest BCUT2D eigenvalue weighted by Crippen LogP contribution is -2.37. The van der Waals surface area contributed by atoms with Gasteiger partial charge in [0.25, 0.3) is 5.91 Å². The first kappa shape index (κ1) is 22.4. The van der Waals surface area contributed by atoms with Gasteiger partial charge in [-0.15, -0.1) is 0 Å². The van der Waals surface area contributed by atoms with Crippen LogP contribution in [-0.4, -0.2) is 65.1 Å². The molecule has 2 aliphatic heterocycles. The Morgan fingerprint density at radius 3 is 2.18 bits per heavy atom. The zero-order chi connectivity index (χ0) is 23.9. The Balaban J connectivity index is 1.49. The number of hydrogen-bond donors (Lipinski definition) is 2. The number of nitrogens with one attached hydrogen (secondary N) is 2. The number of carbonyl (C=O) groups excluding carboxylic acids is 2. The number of amides is 2. The molecule has 0 aliphatic carbocycles. The van der Waals surface area contributed by atoms with Crippen LogP contribution in [0.5, 0.6) is 0 Å². The van der Waals surface area contributed by atoms with E-state index in [1.807, 2.05) is 5.32 Å². The smallest absolute Gasteiger partial charge is 0.414 e. The number of cyclic esters (lactones) is 1. The van der Waals surface area contributed by atoms with E-state index in [1.165, 1.54) is 4.90 Å². The Bertz CT molecular complexity index is 1150. The fourth-order valence-corrected chi connectivity index (χ4v) is 3.79. The Morgan fingerprint density at radius 2 is 1.64 bits per heavy atom. The predicted octanol–water partition coefficient (Wildman–Crippen LogP) is -0.157. The Morgan fingerprint density at radius 1 is 1.06 bits per heavy atom. The monoisotopic (exact) mass is 474 g/mol. The van der Waals surface area contributed by atoms with E-state index in [4.69, 9.17) is 4.74 Å². The van der Waals surface area contributed by atoms with Crippen LogP contribution in [0.3, 0.4) is 0 Å². The minimum absolute atomic E-state index is 0.0165. The van der Waals surface area contributed by atoms with Gasteiger partial charge in [0.2, 0.25) is 0 Å². The number of aromatic nitrogens is 3. The minimum atomic E-state index is -3.23. The maximum atomic E-state index is 14.9. The van der Waals surface area contributed by atoms with Crippen LogP contribution in [0.1, 0.15) is 0 Å². The second kappa shape index (κ2) is 8.63. The molecule has 2 N–H and O–H groups in total. The number of benzene rings is 1. The van der Waals surface area contributed by atoms with Crippen LogP contribution in [0.25, 0.3) is 0 Å². The van der Waals surface area contributed by atoms with Crippen LogP contribution in [-0.2, 0) is 22.6 Å². The molecule has 1 atom stereocenters. The van der Waals surface area contributed by atoms with Crippen molar-refractivity contribution in [3.63, 3.8) is 0 Å². The summed E-state index contributed by atoms with van der Waals surface area (Å²) in [6.07, 6.45) is -5.16. The van der Waals surface area contributed by atoms with Crippen LogP contribution >= 0.6 is 0 Å². The van der Waals surface area contributed by atoms with Gasteiger partial charge in [-0.05, 0) is 0 Å². The van der Waals surface area contributed by atoms with Crippen molar-refractivity contribution < 1.29 is 31.9 Å². The van der Waals surface area contributed by atoms with Crippen molar-refractivity contribution >= 4 is 23.4 Å². The molecule has 4 rings (SSSR count). The maximum absolute atomic E-state index is 14.9. The molecule has 0 bridgehead atoms. The molecule has 2 aliphatic rings. The van der Waals surface area contributed by atoms with Crippen LogP contribution in [0.4, 0.5) is 33.7 Å². The highest BCUT2D eigenvalue weighted by Gasteiger charge is 2.34. The number of hydrogen-bond acceptors (Lipinski definition) is 6. The summed E-state index contributed by atoms with van der Waals surface area (Å²) in [5, 5.41) is 1.91. The van der Waals surface area contributed by atoms with Crippen molar-refractivity contribution in [3.05, 3.63) is 44.7 Å². The molecule has 1 aromatic carbocycles. The number of alkyl halides is 2. The van der Waals surface area contributed by atoms with Gasteiger partial charge in [0.1, 0.15) is 11.8 Å². The van der Waals surface area contributed by atoms with E-state index in [0.29, 0.717) is 0 Å². The van der Waals surface area contributed by atoms with Gasteiger partial charge in [0, 0.05) is 25.2 Å². The lowest BCUT2D eigenvalue weighted by atomic mass is 10.2. The first-order valence-electron chi connectivity index (χ1n) is 9.83. The average molecular weight is 474 g/mol. The molecular weight excluding hydrogens is 456 g/mol. The van der Waals surface area contributed by atoms with Crippen molar-refractivity contribution in [2.24, 2.45) is 0 Å². The number of fused-ring (bicyclic) bond motifs is 1. The maximum Gasteiger partial charge on any atom is 0.414 e. The fraction of sp³-hybridized carbons (Fsp3) is 0.444. The lowest BCUT2D eigenvalue weighted by Gasteiger charge is -2.24. The molecule has 0 saturated carbocycles. The molecule has 2 amide bonds. The molecule has 33 heavy (non-hydrogen) atoms. The number of halogens is 4. The van der Waals surface area contributed by atoms with Crippen molar-refractivity contribution in [2.75, 3.05) is 36.0 Å². The average Bonchev–Trinajstić information content (AvgIpc) is 3.14. The second-order valence-electron chi connectivity index (χ2n) is 7.39. The molecular formula is C18H18F4N6O5. The van der Waals surface area contributed by atoms with E-state index in [2.05, 4.69) is 4.98 Å². The Labute approximate surface area is 182 Å². The summed E-state index contributed by atoms with van der Waals surface area (Å²) in [6.45, 7) is -0.484. The standard InChI is InChI=1S/C18H18F4N6O5/c19-11-5-9(26-8-10(33-18(26)32)7-23-15(29)14(21)22)6-12(20)13(11)25-1-3-27-16(30)24-17(31)28(27)4-2-25/h5-6,10,14H,1-4,7-8H2,(H,23,29)(H,24,30,31)/t10-/m0/s1. The van der Waals surface area contributed by atoms with Gasteiger partial charge < -0.3 is 15.0 Å². The first-order valence-corrected chi connectivity index (χ1v) is 9.83. The van der Waals surface area contributed by atoms with Crippen molar-refractivity contribution in [1.29, 1.82) is 0 Å². The number of ether oxygens (including phenoxy) is 1. The number of carbonyl (C=O) groups is 2. The third-order valence-electron chi connectivity index (χ3n) is 5.34. The van der Waals surface area contributed by atoms with Gasteiger partial charge in [-0.3, -0.25) is 14.7 Å². The lowest BCUT2D eigenvalue weighted by molar-refractivity contribution is -0.132. The van der Waals surface area contributed by atoms with Crippen molar-refractivity contribution in [1.82, 2.24) is 19.7 Å². The molecule has 1 saturated heterocycles. The third kappa shape index (κ3) is 4.29. The molecule has 0 unspecified atom stereocenters. The number of anilines is 2. The van der Waals surface area contributed by atoms with Gasteiger partial charge in [-0.25, -0.2) is 32.5 Å². The number of H-pyrrole nitrogens is 1. The van der Waals surface area contributed by atoms with Gasteiger partial charge in [-0.1, -0.05) is 0 Å². The van der Waals surface area contributed by atoms with Gasteiger partial charge in [-0.2, -0.15) is 8.78 Å².